The second-order valence-corrected chi connectivity index (χ2v) is 7.68. The summed E-state index contributed by atoms with van der Waals surface area (Å²) in [6.45, 7) is 3.87. The largest absolute Gasteiger partial charge is 0.478 e. The number of aromatic nitrogens is 1. The van der Waals surface area contributed by atoms with Crippen LogP contribution in [0.5, 0.6) is 0 Å². The number of nitrogens with zero attached hydrogens (tertiary/aromatic N) is 1. The van der Waals surface area contributed by atoms with E-state index in [9.17, 15) is 23.9 Å². The number of carboxylic acid groups (broad SMARTS) is 1. The van der Waals surface area contributed by atoms with Crippen LogP contribution in [0.4, 0.5) is 4.39 Å². The van der Waals surface area contributed by atoms with Crippen molar-refractivity contribution >= 4 is 34.3 Å². The normalized spacial score (nSPS) is 13.0. The van der Waals surface area contributed by atoms with Gasteiger partial charge in [-0.05, 0) is 42.3 Å². The molecule has 0 spiro atoms. The Labute approximate surface area is 184 Å². The van der Waals surface area contributed by atoms with Crippen molar-refractivity contribution in [3.63, 3.8) is 0 Å². The predicted octanol–water partition coefficient (Wildman–Crippen LogP) is 3.56. The van der Waals surface area contributed by atoms with E-state index < -0.39 is 11.8 Å². The van der Waals surface area contributed by atoms with Gasteiger partial charge in [-0.25, -0.2) is 9.18 Å². The van der Waals surface area contributed by atoms with Crippen molar-refractivity contribution in [2.45, 2.75) is 20.3 Å². The molecular formula is C24H24FN3O4. The number of amides is 2. The highest BCUT2D eigenvalue weighted by Gasteiger charge is 2.26. The average Bonchev–Trinajstić information content (AvgIpc) is 3.01. The van der Waals surface area contributed by atoms with E-state index in [1.54, 1.807) is 13.8 Å². The Hall–Kier alpha value is -3.94. The Morgan fingerprint density at radius 3 is 2.31 bits per heavy atom. The number of hydrogen-bond donors (Lipinski definition) is 3. The Balaban J connectivity index is 0.000000427. The molecule has 3 aromatic rings. The lowest BCUT2D eigenvalue weighted by molar-refractivity contribution is -0.130. The van der Waals surface area contributed by atoms with Crippen molar-refractivity contribution in [2.75, 3.05) is 6.54 Å². The van der Waals surface area contributed by atoms with E-state index in [0.717, 1.165) is 16.5 Å². The number of primary amides is 1. The Morgan fingerprint density at radius 2 is 1.72 bits per heavy atom. The lowest BCUT2D eigenvalue weighted by Crippen LogP contribution is -2.27. The maximum atomic E-state index is 13.1. The van der Waals surface area contributed by atoms with Crippen molar-refractivity contribution in [1.82, 2.24) is 9.88 Å². The maximum Gasteiger partial charge on any atom is 0.339 e. The van der Waals surface area contributed by atoms with Crippen molar-refractivity contribution in [2.24, 2.45) is 11.7 Å². The minimum absolute atomic E-state index is 0.00926. The highest BCUT2D eigenvalue weighted by atomic mass is 19.1. The van der Waals surface area contributed by atoms with Crippen molar-refractivity contribution in [1.29, 1.82) is 0 Å². The molecule has 4 rings (SSSR count). The van der Waals surface area contributed by atoms with E-state index in [0.29, 0.717) is 24.2 Å². The minimum Gasteiger partial charge on any atom is -0.478 e. The number of para-hydroxylation sites is 1. The fourth-order valence-electron chi connectivity index (χ4n) is 3.29. The summed E-state index contributed by atoms with van der Waals surface area (Å²) in [6.07, 6.45) is 1.87. The number of rotatable bonds is 3. The molecule has 0 unspecified atom stereocenters. The molecule has 2 aromatic carbocycles. The zero-order valence-electron chi connectivity index (χ0n) is 17.8. The zero-order chi connectivity index (χ0) is 23.4. The number of carbonyl (C=O) groups excluding carboxylic acids is 2. The van der Waals surface area contributed by atoms with E-state index >= 15 is 0 Å². The third-order valence-corrected chi connectivity index (χ3v) is 5.12. The van der Waals surface area contributed by atoms with Gasteiger partial charge in [0.1, 0.15) is 5.82 Å². The molecule has 0 saturated heterocycles. The van der Waals surface area contributed by atoms with Gasteiger partial charge in [0.15, 0.2) is 0 Å². The topological polar surface area (TPSA) is 116 Å². The molecule has 32 heavy (non-hydrogen) atoms. The summed E-state index contributed by atoms with van der Waals surface area (Å²) in [6, 6.07) is 12.8. The van der Waals surface area contributed by atoms with Crippen molar-refractivity contribution in [3.05, 3.63) is 77.4 Å². The van der Waals surface area contributed by atoms with Gasteiger partial charge in [0.25, 0.3) is 5.91 Å². The Bertz CT molecular complexity index is 1200. The zero-order valence-corrected chi connectivity index (χ0v) is 17.8. The van der Waals surface area contributed by atoms with Crippen LogP contribution in [0.2, 0.25) is 0 Å². The molecule has 0 fully saturated rings. The average molecular weight is 437 g/mol. The van der Waals surface area contributed by atoms with Gasteiger partial charge in [-0.3, -0.25) is 9.59 Å². The fourth-order valence-corrected chi connectivity index (χ4v) is 3.29. The molecule has 1 aliphatic rings. The first-order chi connectivity index (χ1) is 15.2. The predicted molar refractivity (Wildman–Crippen MR) is 119 cm³/mol. The van der Waals surface area contributed by atoms with E-state index in [4.69, 9.17) is 5.73 Å². The van der Waals surface area contributed by atoms with Crippen LogP contribution in [0.3, 0.4) is 0 Å². The first-order valence-electron chi connectivity index (χ1n) is 10.1. The summed E-state index contributed by atoms with van der Waals surface area (Å²) in [5.74, 6) is -2.16. The maximum absolute atomic E-state index is 13.1. The standard InChI is InChI=1S/C20H15FN2O3.C4H9NO/c21-13-7-5-12(6-8-13)19(24)23-10-9-15-14-3-1-2-4-17(14)22-18(15)16(11-23)20(25)26;1-3(2)4(5)6/h1-8,11,22H,9-10H2,(H,25,26);3H,1-2H3,(H2,5,6). The lowest BCUT2D eigenvalue weighted by atomic mass is 10.0. The van der Waals surface area contributed by atoms with Gasteiger partial charge in [-0.2, -0.15) is 0 Å². The molecule has 2 heterocycles. The number of fused-ring (bicyclic) bond motifs is 3. The molecule has 166 valence electrons. The van der Waals surface area contributed by atoms with Crippen LogP contribution >= 0.6 is 0 Å². The molecule has 4 N–H and O–H groups in total. The number of carboxylic acids is 1. The van der Waals surface area contributed by atoms with Gasteiger partial charge < -0.3 is 20.7 Å². The molecule has 1 aromatic heterocycles. The van der Waals surface area contributed by atoms with Gasteiger partial charge in [-0.15, -0.1) is 0 Å². The van der Waals surface area contributed by atoms with E-state index in [1.165, 1.54) is 35.4 Å². The van der Waals surface area contributed by atoms with Gasteiger partial charge >= 0.3 is 5.97 Å². The fraction of sp³-hybridized carbons (Fsp3) is 0.208. The van der Waals surface area contributed by atoms with Gasteiger partial charge in [-0.1, -0.05) is 32.0 Å². The van der Waals surface area contributed by atoms with Crippen LogP contribution in [0, 0.1) is 11.7 Å². The quantitative estimate of drug-likeness (QED) is 0.581. The van der Waals surface area contributed by atoms with E-state index in [-0.39, 0.29) is 23.3 Å². The number of H-pyrrole nitrogens is 1. The summed E-state index contributed by atoms with van der Waals surface area (Å²) in [7, 11) is 0. The molecule has 0 aliphatic carbocycles. The van der Waals surface area contributed by atoms with Gasteiger partial charge in [0, 0.05) is 35.1 Å². The first kappa shape index (κ1) is 22.7. The van der Waals surface area contributed by atoms with E-state index in [1.807, 2.05) is 24.3 Å². The summed E-state index contributed by atoms with van der Waals surface area (Å²) >= 11 is 0. The molecule has 0 saturated carbocycles. The molecule has 1 aliphatic heterocycles. The Kier molecular flexibility index (Phi) is 6.73. The summed E-state index contributed by atoms with van der Waals surface area (Å²) in [4.78, 5) is 39.0. The van der Waals surface area contributed by atoms with E-state index in [2.05, 4.69) is 4.98 Å². The molecule has 2 amide bonds. The van der Waals surface area contributed by atoms with Gasteiger partial charge in [0.05, 0.1) is 11.3 Å². The molecule has 7 nitrogen and oxygen atoms in total. The molecular weight excluding hydrogens is 413 g/mol. The molecule has 0 atom stereocenters. The molecule has 0 bridgehead atoms. The number of hydrogen-bond acceptors (Lipinski definition) is 3. The minimum atomic E-state index is -1.11. The summed E-state index contributed by atoms with van der Waals surface area (Å²) < 4.78 is 13.1. The van der Waals surface area contributed by atoms with Crippen LogP contribution < -0.4 is 5.73 Å². The number of aliphatic carboxylic acids is 1. The summed E-state index contributed by atoms with van der Waals surface area (Å²) in [5.41, 5.74) is 7.40. The molecule has 8 heteroatoms. The van der Waals surface area contributed by atoms with Crippen LogP contribution in [0.25, 0.3) is 16.5 Å². The smallest absolute Gasteiger partial charge is 0.339 e. The molecule has 0 radical (unpaired) electrons. The number of carbonyl (C=O) groups is 3. The highest BCUT2D eigenvalue weighted by Crippen LogP contribution is 2.31. The van der Waals surface area contributed by atoms with Crippen LogP contribution in [0.15, 0.2) is 54.7 Å². The van der Waals surface area contributed by atoms with Crippen LogP contribution in [-0.4, -0.2) is 39.3 Å². The third-order valence-electron chi connectivity index (χ3n) is 5.12. The first-order valence-corrected chi connectivity index (χ1v) is 10.1. The number of benzene rings is 2. The third kappa shape index (κ3) is 4.85. The Morgan fingerprint density at radius 1 is 1.09 bits per heavy atom. The number of halogens is 1. The number of nitrogens with one attached hydrogen (secondary N) is 1. The second kappa shape index (κ2) is 9.47. The van der Waals surface area contributed by atoms with Crippen LogP contribution in [-0.2, 0) is 16.0 Å². The monoisotopic (exact) mass is 437 g/mol. The highest BCUT2D eigenvalue weighted by molar-refractivity contribution is 6.17. The second-order valence-electron chi connectivity index (χ2n) is 7.68. The lowest BCUT2D eigenvalue weighted by Gasteiger charge is -2.17. The summed E-state index contributed by atoms with van der Waals surface area (Å²) in [5, 5.41) is 10.6. The number of aromatic amines is 1. The van der Waals surface area contributed by atoms with Crippen molar-refractivity contribution < 1.29 is 23.9 Å². The van der Waals surface area contributed by atoms with Crippen LogP contribution in [0.1, 0.15) is 35.5 Å². The van der Waals surface area contributed by atoms with Gasteiger partial charge in [0.2, 0.25) is 5.91 Å². The SMILES string of the molecule is CC(C)C(N)=O.O=C(O)C1=CN(C(=O)c2ccc(F)cc2)CCc2c1[nH]c1ccccc21. The van der Waals surface area contributed by atoms with Crippen molar-refractivity contribution in [3.8, 4) is 0 Å². The number of nitrogens with two attached hydrogens (primary N) is 1.